The largest absolute Gasteiger partial charge is 0.481 e. The van der Waals surface area contributed by atoms with Crippen LogP contribution in [0, 0.1) is 0 Å². The van der Waals surface area contributed by atoms with Gasteiger partial charge in [0.15, 0.2) is 36.2 Å². The quantitative estimate of drug-likeness (QED) is 0.0626. The summed E-state index contributed by atoms with van der Waals surface area (Å²) in [5.74, 6) is -0.848. The van der Waals surface area contributed by atoms with Crippen molar-refractivity contribution >= 4 is 46.4 Å². The molecule has 5 heterocycles. The molecular weight excluding hydrogens is 715 g/mol. The highest BCUT2D eigenvalue weighted by Gasteiger charge is 2.51. The summed E-state index contributed by atoms with van der Waals surface area (Å²) < 4.78 is 68.4. The summed E-state index contributed by atoms with van der Waals surface area (Å²) in [4.78, 5) is 62.2. The Morgan fingerprint density at radius 3 is 2.23 bits per heavy atom. The predicted octanol–water partition coefficient (Wildman–Crippen LogP) is -2.90. The molecule has 11 N–H and O–H groups in total. The van der Waals surface area contributed by atoms with E-state index in [0.29, 0.717) is 0 Å². The van der Waals surface area contributed by atoms with Crippen molar-refractivity contribution in [3.63, 3.8) is 0 Å². The molecule has 2 aliphatic rings. The number of carbonyl (C=O) groups excluding carboxylic acids is 1. The summed E-state index contributed by atoms with van der Waals surface area (Å²) in [6, 6.07) is 2.79. The van der Waals surface area contributed by atoms with Gasteiger partial charge in [0.05, 0.1) is 19.5 Å². The zero-order chi connectivity index (χ0) is 35.2. The highest BCUT2D eigenvalue weighted by Crippen LogP contribution is 2.61. The van der Waals surface area contributed by atoms with E-state index in [-0.39, 0.29) is 22.5 Å². The van der Waals surface area contributed by atoms with Crippen LogP contribution in [0.1, 0.15) is 22.8 Å². The van der Waals surface area contributed by atoms with Gasteiger partial charge in [-0.05, 0) is 6.07 Å². The summed E-state index contributed by atoms with van der Waals surface area (Å²) in [7, 11) is -16.3. The Hall–Kier alpha value is -2.86. The SMILES string of the molecule is NC(=O)c1ccc[n+]([C@H]2O[C@H](COP(=O)(O)OP(=O)(O)OC[C@@H]3O[C@@H](n4cnc5c(N)ncnc54)[C@H](OP(=O)(O)O)[C@H]3O)[C@H](O)[C@@H]2O)c1. The summed E-state index contributed by atoms with van der Waals surface area (Å²) in [5.41, 5.74) is 11.1. The summed E-state index contributed by atoms with van der Waals surface area (Å²) in [6.07, 6.45) is -8.39. The van der Waals surface area contributed by atoms with Crippen LogP contribution in [-0.4, -0.2) is 110 Å². The third-order valence-corrected chi connectivity index (χ3v) is 10.1. The average molecular weight is 744 g/mol. The number of ether oxygens (including phenoxy) is 2. The minimum Gasteiger partial charge on any atom is -0.387 e. The Morgan fingerprint density at radius 1 is 0.958 bits per heavy atom. The van der Waals surface area contributed by atoms with Crippen LogP contribution in [0.4, 0.5) is 5.82 Å². The first-order valence-corrected chi connectivity index (χ1v) is 17.9. The Balaban J connectivity index is 1.21. The first kappa shape index (κ1) is 36.4. The van der Waals surface area contributed by atoms with Crippen LogP contribution in [0.5, 0.6) is 0 Å². The van der Waals surface area contributed by atoms with Crippen LogP contribution >= 0.6 is 23.5 Å². The van der Waals surface area contributed by atoms with Crippen molar-refractivity contribution in [2.45, 2.75) is 49.1 Å². The standard InChI is InChI=1S/C21H28N7O17P3/c22-17-12-19(25-7-24-17)28(8-26-12)21-16(44-46(33,34)35)14(30)11(43-21)6-41-48(38,39)45-47(36,37)40-5-10-13(29)15(31)20(42-10)27-3-1-2-9(4-27)18(23)32/h1-4,7-8,10-11,13-16,20-21,29-31H,5-6H2,(H7-,22,23,24,25,32,33,34,35,36,37,38,39)/p+1/t10-,11+,13+,14+,15+,16-,20+,21-/m1/s1. The summed E-state index contributed by atoms with van der Waals surface area (Å²) in [5, 5.41) is 31.5. The first-order valence-electron chi connectivity index (χ1n) is 13.3. The van der Waals surface area contributed by atoms with E-state index < -0.39 is 91.7 Å². The van der Waals surface area contributed by atoms with Crippen molar-refractivity contribution < 1.29 is 85.3 Å². The van der Waals surface area contributed by atoms with Crippen molar-refractivity contribution in [2.75, 3.05) is 18.9 Å². The Morgan fingerprint density at radius 2 is 1.60 bits per heavy atom. The van der Waals surface area contributed by atoms with Crippen LogP contribution in [-0.2, 0) is 41.1 Å². The van der Waals surface area contributed by atoms with E-state index in [1.54, 1.807) is 0 Å². The van der Waals surface area contributed by atoms with Gasteiger partial charge in [0, 0.05) is 6.07 Å². The molecule has 3 aromatic rings. The molecule has 0 aromatic carbocycles. The van der Waals surface area contributed by atoms with Crippen LogP contribution < -0.4 is 16.0 Å². The number of anilines is 1. The molecule has 2 aliphatic heterocycles. The van der Waals surface area contributed by atoms with E-state index in [4.69, 9.17) is 30.0 Å². The second-order valence-corrected chi connectivity index (χ2v) is 14.5. The van der Waals surface area contributed by atoms with Gasteiger partial charge in [0.2, 0.25) is 0 Å². The number of nitrogen functional groups attached to an aromatic ring is 1. The molecule has 10 atom stereocenters. The number of amides is 1. The van der Waals surface area contributed by atoms with Gasteiger partial charge in [0.25, 0.3) is 12.1 Å². The summed E-state index contributed by atoms with van der Waals surface area (Å²) >= 11 is 0. The zero-order valence-electron chi connectivity index (χ0n) is 23.9. The maximum Gasteiger partial charge on any atom is 0.481 e. The van der Waals surface area contributed by atoms with Gasteiger partial charge in [-0.1, -0.05) is 0 Å². The maximum absolute atomic E-state index is 12.6. The normalized spacial score (nSPS) is 30.3. The first-order chi connectivity index (χ1) is 22.4. The third-order valence-electron chi connectivity index (χ3n) is 6.98. The number of fused-ring (bicyclic) bond motifs is 1. The van der Waals surface area contributed by atoms with Crippen LogP contribution in [0.2, 0.25) is 0 Å². The smallest absolute Gasteiger partial charge is 0.387 e. The monoisotopic (exact) mass is 744 g/mol. The van der Waals surface area contributed by atoms with Gasteiger partial charge in [0.1, 0.15) is 47.9 Å². The number of aromatic nitrogens is 5. The molecule has 3 aromatic heterocycles. The third kappa shape index (κ3) is 8.12. The highest BCUT2D eigenvalue weighted by molar-refractivity contribution is 7.61. The van der Waals surface area contributed by atoms with Gasteiger partial charge >= 0.3 is 23.5 Å². The van der Waals surface area contributed by atoms with Crippen molar-refractivity contribution in [1.29, 1.82) is 0 Å². The minimum atomic E-state index is -5.52. The van der Waals surface area contributed by atoms with Gasteiger partial charge in [-0.25, -0.2) is 28.6 Å². The molecule has 1 amide bonds. The number of aliphatic hydroxyl groups excluding tert-OH is 3. The van der Waals surface area contributed by atoms with Crippen LogP contribution in [0.15, 0.2) is 37.2 Å². The number of pyridine rings is 1. The lowest BCUT2D eigenvalue weighted by Gasteiger charge is -2.22. The number of primary amides is 1. The van der Waals surface area contributed by atoms with Crippen molar-refractivity contribution in [2.24, 2.45) is 5.73 Å². The van der Waals surface area contributed by atoms with E-state index in [2.05, 4.69) is 23.8 Å². The lowest BCUT2D eigenvalue weighted by Crippen LogP contribution is -2.46. The minimum absolute atomic E-state index is 0.00286. The molecule has 24 nitrogen and oxygen atoms in total. The number of hydrogen-bond donors (Lipinski definition) is 9. The second-order valence-electron chi connectivity index (χ2n) is 10.3. The molecule has 0 aliphatic carbocycles. The zero-order valence-corrected chi connectivity index (χ0v) is 26.6. The molecule has 0 spiro atoms. The predicted molar refractivity (Wildman–Crippen MR) is 150 cm³/mol. The Bertz CT molecular complexity index is 1810. The van der Waals surface area contributed by atoms with E-state index in [1.165, 1.54) is 29.1 Å². The fourth-order valence-electron chi connectivity index (χ4n) is 4.83. The number of aliphatic hydroxyl groups is 3. The molecule has 264 valence electrons. The topological polar surface area (TPSA) is 365 Å². The van der Waals surface area contributed by atoms with E-state index in [1.807, 2.05) is 0 Å². The highest BCUT2D eigenvalue weighted by atomic mass is 31.3. The van der Waals surface area contributed by atoms with Crippen molar-refractivity contribution in [1.82, 2.24) is 19.5 Å². The molecule has 2 fully saturated rings. The molecule has 2 unspecified atom stereocenters. The van der Waals surface area contributed by atoms with Gasteiger partial charge < -0.3 is 55.8 Å². The van der Waals surface area contributed by atoms with Gasteiger partial charge in [-0.2, -0.15) is 8.88 Å². The maximum atomic E-state index is 12.6. The van der Waals surface area contributed by atoms with Gasteiger partial charge in [-0.3, -0.25) is 22.9 Å². The number of carbonyl (C=O) groups is 1. The average Bonchev–Trinajstić information content (AvgIpc) is 3.64. The molecule has 48 heavy (non-hydrogen) atoms. The van der Waals surface area contributed by atoms with Crippen molar-refractivity contribution in [3.8, 4) is 0 Å². The number of phosphoric ester groups is 3. The number of nitrogens with two attached hydrogens (primary N) is 2. The number of phosphoric acid groups is 3. The molecule has 5 rings (SSSR count). The number of hydrogen-bond acceptors (Lipinski definition) is 17. The van der Waals surface area contributed by atoms with Crippen LogP contribution in [0.3, 0.4) is 0 Å². The second kappa shape index (κ2) is 13.8. The lowest BCUT2D eigenvalue weighted by molar-refractivity contribution is -0.765. The molecular formula is C21H29N7O17P3+. The molecule has 0 bridgehead atoms. The van der Waals surface area contributed by atoms with E-state index >= 15 is 0 Å². The molecule has 0 radical (unpaired) electrons. The summed E-state index contributed by atoms with van der Waals surface area (Å²) in [6.45, 7) is -2.03. The molecule has 2 saturated heterocycles. The van der Waals surface area contributed by atoms with Crippen molar-refractivity contribution in [3.05, 3.63) is 42.7 Å². The van der Waals surface area contributed by atoms with Crippen LogP contribution in [0.25, 0.3) is 11.2 Å². The van der Waals surface area contributed by atoms with E-state index in [0.717, 1.165) is 17.2 Å². The number of imidazole rings is 1. The fourth-order valence-corrected chi connectivity index (χ4v) is 7.47. The van der Waals surface area contributed by atoms with Gasteiger partial charge in [-0.15, -0.1) is 0 Å². The molecule has 0 saturated carbocycles. The Labute approximate surface area is 267 Å². The van der Waals surface area contributed by atoms with E-state index in [9.17, 15) is 53.4 Å². The lowest BCUT2D eigenvalue weighted by atomic mass is 10.1. The number of rotatable bonds is 13. The number of nitrogens with zero attached hydrogens (tertiary/aromatic N) is 5. The fraction of sp³-hybridized carbons (Fsp3) is 0.476. The molecule has 27 heteroatoms. The Kier molecular flexibility index (Phi) is 10.5.